The maximum atomic E-state index is 12.7. The Morgan fingerprint density at radius 1 is 1.24 bits per heavy atom. The summed E-state index contributed by atoms with van der Waals surface area (Å²) in [6.07, 6.45) is 5.02. The zero-order valence-electron chi connectivity index (χ0n) is 15.8. The van der Waals surface area contributed by atoms with Crippen LogP contribution >= 0.6 is 0 Å². The van der Waals surface area contributed by atoms with Gasteiger partial charge >= 0.3 is 5.97 Å². The Hall–Kier alpha value is -0.870. The lowest BCUT2D eigenvalue weighted by atomic mass is 9.39. The topological polar surface area (TPSA) is 66.8 Å². The van der Waals surface area contributed by atoms with E-state index in [1.54, 1.807) is 0 Å². The van der Waals surface area contributed by atoms with Gasteiger partial charge < -0.3 is 14.9 Å². The molecule has 0 heterocycles. The molecular formula is C21H32O4. The molecule has 0 aromatic carbocycles. The Kier molecular flexibility index (Phi) is 3.73. The van der Waals surface area contributed by atoms with Gasteiger partial charge in [-0.3, -0.25) is 4.79 Å². The molecule has 1 spiro atoms. The second-order valence-electron chi connectivity index (χ2n) is 9.78. The molecule has 0 saturated heterocycles. The van der Waals surface area contributed by atoms with Gasteiger partial charge in [0.2, 0.25) is 0 Å². The largest absolute Gasteiger partial charge is 0.469 e. The molecule has 4 fully saturated rings. The van der Waals surface area contributed by atoms with Crippen molar-refractivity contribution in [2.45, 2.75) is 71.0 Å². The fraction of sp³-hybridized carbons (Fsp3) is 0.857. The lowest BCUT2D eigenvalue weighted by molar-refractivity contribution is -0.255. The maximum Gasteiger partial charge on any atom is 0.311 e. The highest BCUT2D eigenvalue weighted by Crippen LogP contribution is 2.72. The molecule has 4 nitrogen and oxygen atoms in total. The fourth-order valence-electron chi connectivity index (χ4n) is 7.90. The predicted octanol–water partition coefficient (Wildman–Crippen LogP) is 3.07. The van der Waals surface area contributed by atoms with E-state index in [9.17, 15) is 15.0 Å². The monoisotopic (exact) mass is 348 g/mol. The Bertz CT molecular complexity index is 615. The highest BCUT2D eigenvalue weighted by Gasteiger charge is 2.71. The number of allylic oxidation sites excluding steroid dienone is 1. The minimum atomic E-state index is -0.879. The molecule has 0 aromatic heterocycles. The van der Waals surface area contributed by atoms with E-state index < -0.39 is 17.6 Å². The molecule has 4 rings (SSSR count). The van der Waals surface area contributed by atoms with E-state index in [-0.39, 0.29) is 22.7 Å². The maximum absolute atomic E-state index is 12.7. The summed E-state index contributed by atoms with van der Waals surface area (Å²) in [6, 6.07) is 0. The van der Waals surface area contributed by atoms with E-state index in [4.69, 9.17) is 4.74 Å². The number of rotatable bonds is 1. The highest BCUT2D eigenvalue weighted by molar-refractivity contribution is 5.77. The molecule has 2 bridgehead atoms. The number of carbonyl (C=O) groups is 1. The van der Waals surface area contributed by atoms with Crippen molar-refractivity contribution < 1.29 is 19.7 Å². The average molecular weight is 348 g/mol. The molecule has 4 aliphatic rings. The van der Waals surface area contributed by atoms with Crippen LogP contribution in [0.2, 0.25) is 0 Å². The summed E-state index contributed by atoms with van der Waals surface area (Å²) < 4.78 is 5.14. The Morgan fingerprint density at radius 3 is 2.64 bits per heavy atom. The van der Waals surface area contributed by atoms with Crippen molar-refractivity contribution in [2.75, 3.05) is 7.11 Å². The molecular weight excluding hydrogens is 316 g/mol. The van der Waals surface area contributed by atoms with Gasteiger partial charge in [-0.2, -0.15) is 0 Å². The summed E-state index contributed by atoms with van der Waals surface area (Å²) in [5.41, 5.74) is 0.132. The van der Waals surface area contributed by atoms with E-state index >= 15 is 0 Å². The van der Waals surface area contributed by atoms with E-state index in [0.717, 1.165) is 44.9 Å². The third-order valence-electron chi connectivity index (χ3n) is 8.77. The molecule has 8 atom stereocenters. The normalized spacial score (nSPS) is 54.6. The van der Waals surface area contributed by atoms with E-state index in [1.165, 1.54) is 12.7 Å². The van der Waals surface area contributed by atoms with Crippen molar-refractivity contribution >= 4 is 5.97 Å². The molecule has 2 N–H and O–H groups in total. The number of aliphatic hydroxyl groups excluding tert-OH is 2. The number of hydrogen-bond donors (Lipinski definition) is 2. The molecule has 4 aliphatic carbocycles. The van der Waals surface area contributed by atoms with Crippen molar-refractivity contribution in [3.8, 4) is 0 Å². The molecule has 0 aliphatic heterocycles. The minimum Gasteiger partial charge on any atom is -0.469 e. The average Bonchev–Trinajstić information content (AvgIpc) is 2.82. The molecule has 0 unspecified atom stereocenters. The summed E-state index contributed by atoms with van der Waals surface area (Å²) in [7, 11) is 1.43. The molecule has 25 heavy (non-hydrogen) atoms. The first-order valence-electron chi connectivity index (χ1n) is 9.83. The van der Waals surface area contributed by atoms with Gasteiger partial charge in [-0.1, -0.05) is 25.5 Å². The van der Waals surface area contributed by atoms with Gasteiger partial charge in [-0.25, -0.2) is 0 Å². The Balaban J connectivity index is 1.83. The van der Waals surface area contributed by atoms with Crippen molar-refractivity contribution in [2.24, 2.45) is 34.0 Å². The summed E-state index contributed by atoms with van der Waals surface area (Å²) in [4.78, 5) is 12.7. The van der Waals surface area contributed by atoms with Crippen LogP contribution in [-0.4, -0.2) is 35.5 Å². The molecule has 140 valence electrons. The van der Waals surface area contributed by atoms with Crippen LogP contribution in [-0.2, 0) is 9.53 Å². The van der Waals surface area contributed by atoms with E-state index in [1.807, 2.05) is 6.92 Å². The summed E-state index contributed by atoms with van der Waals surface area (Å²) in [5.74, 6) is 0.337. The lowest BCUT2D eigenvalue weighted by Gasteiger charge is -2.66. The van der Waals surface area contributed by atoms with Crippen LogP contribution in [0.15, 0.2) is 12.2 Å². The van der Waals surface area contributed by atoms with Crippen molar-refractivity contribution in [1.29, 1.82) is 0 Å². The van der Waals surface area contributed by atoms with Crippen LogP contribution in [0.3, 0.4) is 0 Å². The van der Waals surface area contributed by atoms with Crippen molar-refractivity contribution in [3.05, 3.63) is 12.2 Å². The third kappa shape index (κ3) is 1.98. The van der Waals surface area contributed by atoms with Gasteiger partial charge in [-0.15, -0.1) is 0 Å². The summed E-state index contributed by atoms with van der Waals surface area (Å²) >= 11 is 0. The standard InChI is InChI=1S/C21H32O4/c1-12-10-21-11-13(12)6-7-14(21)19(2)8-5-9-20(3,18(24)25-4)16(19)15(22)17(21)23/h13-17,22-23H,1,5-11H2,2-4H3/t13-,14+,15-,16+,17+,19+,20-,21+/m1/s1. The van der Waals surface area contributed by atoms with Crippen LogP contribution in [0.5, 0.6) is 0 Å². The number of esters is 1. The zero-order valence-corrected chi connectivity index (χ0v) is 15.8. The summed E-state index contributed by atoms with van der Waals surface area (Å²) in [6.45, 7) is 8.48. The first kappa shape index (κ1) is 17.5. The van der Waals surface area contributed by atoms with Gasteiger partial charge in [0.1, 0.15) is 0 Å². The zero-order chi connectivity index (χ0) is 18.2. The second kappa shape index (κ2) is 5.32. The third-order valence-corrected chi connectivity index (χ3v) is 8.77. The molecule has 0 aromatic rings. The molecule has 4 saturated carbocycles. The highest BCUT2D eigenvalue weighted by atomic mass is 16.5. The first-order valence-corrected chi connectivity index (χ1v) is 9.83. The number of carbonyl (C=O) groups excluding carboxylic acids is 1. The lowest BCUT2D eigenvalue weighted by Crippen LogP contribution is -2.68. The quantitative estimate of drug-likeness (QED) is 0.564. The van der Waals surface area contributed by atoms with E-state index in [0.29, 0.717) is 11.8 Å². The van der Waals surface area contributed by atoms with Crippen LogP contribution in [0.4, 0.5) is 0 Å². The Labute approximate surface area is 150 Å². The van der Waals surface area contributed by atoms with Crippen LogP contribution in [0.25, 0.3) is 0 Å². The van der Waals surface area contributed by atoms with Crippen molar-refractivity contribution in [1.82, 2.24) is 0 Å². The molecule has 0 amide bonds. The number of hydrogen-bond acceptors (Lipinski definition) is 4. The van der Waals surface area contributed by atoms with Gasteiger partial charge in [-0.05, 0) is 62.7 Å². The molecule has 0 radical (unpaired) electrons. The SMILES string of the molecule is C=C1C[C@]23C[C@H]1CC[C@H]2[C@]1(C)CCC[C@@](C)(C(=O)OC)[C@H]1[C@@H](O)[C@@H]3O. The minimum absolute atomic E-state index is 0.143. The predicted molar refractivity (Wildman–Crippen MR) is 94.6 cm³/mol. The van der Waals surface area contributed by atoms with Crippen molar-refractivity contribution in [3.63, 3.8) is 0 Å². The number of aliphatic hydroxyl groups is 2. The number of methoxy groups -OCH3 is 1. The van der Waals surface area contributed by atoms with E-state index in [2.05, 4.69) is 13.5 Å². The Morgan fingerprint density at radius 2 is 1.96 bits per heavy atom. The summed E-state index contributed by atoms with van der Waals surface area (Å²) in [5, 5.41) is 22.5. The van der Waals surface area contributed by atoms with Crippen LogP contribution in [0.1, 0.15) is 58.8 Å². The number of fused-ring (bicyclic) bond motifs is 3. The fourth-order valence-corrected chi connectivity index (χ4v) is 7.90. The van der Waals surface area contributed by atoms with Gasteiger partial charge in [0.15, 0.2) is 0 Å². The number of ether oxygens (including phenoxy) is 1. The van der Waals surface area contributed by atoms with Crippen LogP contribution < -0.4 is 0 Å². The van der Waals surface area contributed by atoms with Gasteiger partial charge in [0.05, 0.1) is 24.7 Å². The first-order chi connectivity index (χ1) is 11.7. The van der Waals surface area contributed by atoms with Gasteiger partial charge in [0, 0.05) is 11.3 Å². The van der Waals surface area contributed by atoms with Crippen LogP contribution in [0, 0.1) is 34.0 Å². The molecule has 4 heteroatoms. The van der Waals surface area contributed by atoms with Gasteiger partial charge in [0.25, 0.3) is 0 Å². The second-order valence-corrected chi connectivity index (χ2v) is 9.78. The smallest absolute Gasteiger partial charge is 0.311 e.